The van der Waals surface area contributed by atoms with Gasteiger partial charge in [-0.15, -0.1) is 0 Å². The van der Waals surface area contributed by atoms with E-state index in [9.17, 15) is 18.0 Å². The second-order valence-corrected chi connectivity index (χ2v) is 4.58. The lowest BCUT2D eigenvalue weighted by Gasteiger charge is -2.23. The second-order valence-electron chi connectivity index (χ2n) is 4.19. The molecular formula is C11H11ClF3N3O. The summed E-state index contributed by atoms with van der Waals surface area (Å²) >= 11 is 5.56. The normalized spacial score (nSPS) is 20.0. The number of hydrogen-bond acceptors (Lipinski definition) is 3. The number of rotatable bonds is 2. The fourth-order valence-corrected chi connectivity index (χ4v) is 2.03. The van der Waals surface area contributed by atoms with Crippen LogP contribution >= 0.6 is 11.6 Å². The summed E-state index contributed by atoms with van der Waals surface area (Å²) < 4.78 is 37.8. The minimum absolute atomic E-state index is 0.0538. The quantitative estimate of drug-likeness (QED) is 0.824. The minimum atomic E-state index is -4.50. The summed E-state index contributed by atoms with van der Waals surface area (Å²) in [6.07, 6.45) is -3.20. The number of nitrogens with one attached hydrogen (secondary N) is 2. The molecule has 1 fully saturated rings. The third-order valence-electron chi connectivity index (χ3n) is 2.73. The molecule has 1 atom stereocenters. The zero-order valence-electron chi connectivity index (χ0n) is 9.72. The molecule has 1 unspecified atom stereocenters. The first kappa shape index (κ1) is 13.9. The van der Waals surface area contributed by atoms with Gasteiger partial charge in [-0.3, -0.25) is 4.79 Å². The molecule has 2 N–H and O–H groups in total. The largest absolute Gasteiger partial charge is 0.416 e. The van der Waals surface area contributed by atoms with Crippen molar-refractivity contribution in [2.24, 2.45) is 0 Å². The zero-order chi connectivity index (χ0) is 14.0. The molecule has 0 bridgehead atoms. The van der Waals surface area contributed by atoms with E-state index in [1.165, 1.54) is 0 Å². The number of carbonyl (C=O) groups is 1. The Kier molecular flexibility index (Phi) is 3.84. The molecular weight excluding hydrogens is 283 g/mol. The Bertz CT molecular complexity index is 493. The van der Waals surface area contributed by atoms with Crippen LogP contribution in [-0.2, 0) is 11.0 Å². The number of carbonyl (C=O) groups excluding carboxylic acids is 1. The summed E-state index contributed by atoms with van der Waals surface area (Å²) in [5.41, 5.74) is -0.897. The molecule has 0 aliphatic carbocycles. The smallest absolute Gasteiger partial charge is 0.358 e. The van der Waals surface area contributed by atoms with Gasteiger partial charge >= 0.3 is 6.18 Å². The van der Waals surface area contributed by atoms with E-state index in [1.54, 1.807) is 0 Å². The molecule has 2 heterocycles. The Morgan fingerprint density at radius 1 is 1.42 bits per heavy atom. The third-order valence-corrected chi connectivity index (χ3v) is 2.92. The predicted molar refractivity (Wildman–Crippen MR) is 63.9 cm³/mol. The van der Waals surface area contributed by atoms with Crippen LogP contribution in [0.25, 0.3) is 0 Å². The molecule has 2 rings (SSSR count). The van der Waals surface area contributed by atoms with Gasteiger partial charge in [0.05, 0.1) is 5.56 Å². The molecule has 104 valence electrons. The molecule has 4 nitrogen and oxygen atoms in total. The number of amides is 1. The lowest BCUT2D eigenvalue weighted by atomic mass is 10.1. The van der Waals surface area contributed by atoms with Gasteiger partial charge in [0.2, 0.25) is 5.91 Å². The monoisotopic (exact) mass is 293 g/mol. The molecule has 0 radical (unpaired) electrons. The van der Waals surface area contributed by atoms with Crippen LogP contribution in [0.2, 0.25) is 5.15 Å². The zero-order valence-corrected chi connectivity index (χ0v) is 10.5. The van der Waals surface area contributed by atoms with Gasteiger partial charge in [-0.2, -0.15) is 13.2 Å². The van der Waals surface area contributed by atoms with Crippen molar-refractivity contribution in [3.8, 4) is 0 Å². The van der Waals surface area contributed by atoms with Crippen molar-refractivity contribution in [1.82, 2.24) is 10.3 Å². The summed E-state index contributed by atoms with van der Waals surface area (Å²) in [4.78, 5) is 15.3. The van der Waals surface area contributed by atoms with Gasteiger partial charge < -0.3 is 10.6 Å². The average molecular weight is 294 g/mol. The summed E-state index contributed by atoms with van der Waals surface area (Å²) in [7, 11) is 0. The van der Waals surface area contributed by atoms with Crippen LogP contribution in [0.15, 0.2) is 12.1 Å². The van der Waals surface area contributed by atoms with Crippen LogP contribution in [0.4, 0.5) is 19.0 Å². The van der Waals surface area contributed by atoms with Crippen molar-refractivity contribution in [3.05, 3.63) is 22.8 Å². The van der Waals surface area contributed by atoms with Crippen molar-refractivity contribution in [2.45, 2.75) is 25.1 Å². The highest BCUT2D eigenvalue weighted by Gasteiger charge is 2.32. The lowest BCUT2D eigenvalue weighted by molar-refractivity contribution is -0.137. The number of anilines is 1. The standard InChI is InChI=1S/C11H11ClF3N3O/c12-8-4-6(11(13,14)15)5-9(18-8)17-7-2-1-3-16-10(7)19/h4-5,7H,1-3H2,(H,16,19)(H,17,18). The molecule has 0 aromatic carbocycles. The molecule has 8 heteroatoms. The molecule has 1 saturated heterocycles. The Balaban J connectivity index is 2.20. The summed E-state index contributed by atoms with van der Waals surface area (Å²) in [6.45, 7) is 0.577. The van der Waals surface area contributed by atoms with Crippen LogP contribution in [0.1, 0.15) is 18.4 Å². The topological polar surface area (TPSA) is 54.0 Å². The molecule has 1 aliphatic heterocycles. The van der Waals surface area contributed by atoms with E-state index in [-0.39, 0.29) is 16.9 Å². The average Bonchev–Trinajstić information content (AvgIpc) is 2.30. The van der Waals surface area contributed by atoms with Gasteiger partial charge in [-0.05, 0) is 25.0 Å². The van der Waals surface area contributed by atoms with Gasteiger partial charge in [-0.1, -0.05) is 11.6 Å². The Hall–Kier alpha value is -1.50. The van der Waals surface area contributed by atoms with Crippen LogP contribution in [0.5, 0.6) is 0 Å². The highest BCUT2D eigenvalue weighted by molar-refractivity contribution is 6.29. The number of halogens is 4. The van der Waals surface area contributed by atoms with E-state index in [0.717, 1.165) is 18.6 Å². The molecule has 19 heavy (non-hydrogen) atoms. The maximum atomic E-state index is 12.6. The van der Waals surface area contributed by atoms with Crippen molar-refractivity contribution >= 4 is 23.3 Å². The van der Waals surface area contributed by atoms with Crippen molar-refractivity contribution in [2.75, 3.05) is 11.9 Å². The first-order valence-corrected chi connectivity index (χ1v) is 6.03. The Morgan fingerprint density at radius 2 is 2.16 bits per heavy atom. The van der Waals surface area contributed by atoms with E-state index in [4.69, 9.17) is 11.6 Å². The summed E-state index contributed by atoms with van der Waals surface area (Å²) in [5.74, 6) is -0.302. The Morgan fingerprint density at radius 3 is 2.79 bits per heavy atom. The lowest BCUT2D eigenvalue weighted by Crippen LogP contribution is -2.44. The van der Waals surface area contributed by atoms with Crippen LogP contribution in [0, 0.1) is 0 Å². The van der Waals surface area contributed by atoms with E-state index in [2.05, 4.69) is 15.6 Å². The molecule has 1 amide bonds. The van der Waals surface area contributed by atoms with Crippen LogP contribution in [-0.4, -0.2) is 23.5 Å². The number of piperidine rings is 1. The molecule has 0 spiro atoms. The summed E-state index contributed by atoms with van der Waals surface area (Å²) in [6, 6.07) is 1.00. The second kappa shape index (κ2) is 5.24. The van der Waals surface area contributed by atoms with Gasteiger partial charge in [0.15, 0.2) is 0 Å². The fourth-order valence-electron chi connectivity index (χ4n) is 1.82. The first-order chi connectivity index (χ1) is 8.86. The highest BCUT2D eigenvalue weighted by atomic mass is 35.5. The van der Waals surface area contributed by atoms with Crippen molar-refractivity contribution < 1.29 is 18.0 Å². The number of nitrogens with zero attached hydrogens (tertiary/aromatic N) is 1. The van der Waals surface area contributed by atoms with Crippen LogP contribution in [0.3, 0.4) is 0 Å². The maximum absolute atomic E-state index is 12.6. The SMILES string of the molecule is O=C1NCCCC1Nc1cc(C(F)(F)F)cc(Cl)n1. The number of hydrogen-bond donors (Lipinski definition) is 2. The van der Waals surface area contributed by atoms with E-state index < -0.39 is 17.8 Å². The van der Waals surface area contributed by atoms with Gasteiger partial charge in [0.1, 0.15) is 17.0 Å². The van der Waals surface area contributed by atoms with Gasteiger partial charge in [0, 0.05) is 6.54 Å². The number of alkyl halides is 3. The fraction of sp³-hybridized carbons (Fsp3) is 0.455. The highest BCUT2D eigenvalue weighted by Crippen LogP contribution is 2.32. The molecule has 1 aromatic rings. The van der Waals surface area contributed by atoms with Gasteiger partial charge in [-0.25, -0.2) is 4.98 Å². The van der Waals surface area contributed by atoms with E-state index in [1.807, 2.05) is 0 Å². The maximum Gasteiger partial charge on any atom is 0.416 e. The Labute approximate surface area is 112 Å². The van der Waals surface area contributed by atoms with Crippen molar-refractivity contribution in [1.29, 1.82) is 0 Å². The number of pyridine rings is 1. The van der Waals surface area contributed by atoms with Crippen LogP contribution < -0.4 is 10.6 Å². The first-order valence-electron chi connectivity index (χ1n) is 5.65. The molecule has 1 aliphatic rings. The molecule has 0 saturated carbocycles. The summed E-state index contributed by atoms with van der Waals surface area (Å²) in [5, 5.41) is 5.03. The predicted octanol–water partition coefficient (Wildman–Crippen LogP) is 2.44. The third kappa shape index (κ3) is 3.50. The van der Waals surface area contributed by atoms with E-state index >= 15 is 0 Å². The molecule has 1 aromatic heterocycles. The number of aromatic nitrogens is 1. The van der Waals surface area contributed by atoms with Gasteiger partial charge in [0.25, 0.3) is 0 Å². The van der Waals surface area contributed by atoms with E-state index in [0.29, 0.717) is 13.0 Å². The van der Waals surface area contributed by atoms with Crippen molar-refractivity contribution in [3.63, 3.8) is 0 Å². The minimum Gasteiger partial charge on any atom is -0.358 e.